The molecule has 2 N–H and O–H groups in total. The Morgan fingerprint density at radius 1 is 1.11 bits per heavy atom. The maximum absolute atomic E-state index is 11.1. The van der Waals surface area contributed by atoms with Crippen molar-refractivity contribution in [2.75, 3.05) is 39.6 Å². The van der Waals surface area contributed by atoms with Crippen LogP contribution in [0.4, 0.5) is 0 Å². The van der Waals surface area contributed by atoms with E-state index in [0.717, 1.165) is 6.08 Å². The fourth-order valence-electron chi connectivity index (χ4n) is 0.907. The summed E-state index contributed by atoms with van der Waals surface area (Å²) in [5, 5.41) is 10.7. The Hall–Kier alpha value is -1.93. The molecule has 8 nitrogen and oxygen atoms in total. The molecule has 8 heteroatoms. The lowest BCUT2D eigenvalue weighted by Crippen LogP contribution is -2.31. The van der Waals surface area contributed by atoms with Crippen LogP contribution in [0.1, 0.15) is 0 Å². The second kappa shape index (κ2) is 11.2. The van der Waals surface area contributed by atoms with Gasteiger partial charge >= 0.3 is 11.9 Å². The standard InChI is InChI=1S/C11H17NO7/c1-2-11(16)19-6-5-17-4-3-12-9(13)7-18-8-10(14)15/h2H,1,3-8H2,(H,12,13)(H,14,15). The van der Waals surface area contributed by atoms with E-state index < -0.39 is 24.5 Å². The fourth-order valence-corrected chi connectivity index (χ4v) is 0.907. The minimum Gasteiger partial charge on any atom is -0.480 e. The Kier molecular flexibility index (Phi) is 10.0. The van der Waals surface area contributed by atoms with Crippen molar-refractivity contribution in [2.45, 2.75) is 0 Å². The molecule has 108 valence electrons. The average Bonchev–Trinajstić information content (AvgIpc) is 2.36. The van der Waals surface area contributed by atoms with E-state index in [1.165, 1.54) is 0 Å². The van der Waals surface area contributed by atoms with Crippen LogP contribution in [0.3, 0.4) is 0 Å². The fraction of sp³-hybridized carbons (Fsp3) is 0.545. The number of carbonyl (C=O) groups excluding carboxylic acids is 2. The van der Waals surface area contributed by atoms with Crippen molar-refractivity contribution in [1.29, 1.82) is 0 Å². The molecule has 0 saturated carbocycles. The van der Waals surface area contributed by atoms with Gasteiger partial charge in [-0.3, -0.25) is 4.79 Å². The van der Waals surface area contributed by atoms with Crippen LogP contribution in [-0.4, -0.2) is 62.5 Å². The molecular formula is C11H17NO7. The molecular weight excluding hydrogens is 258 g/mol. The number of nitrogens with one attached hydrogen (secondary N) is 1. The molecule has 0 aromatic heterocycles. The maximum atomic E-state index is 11.1. The third-order valence-electron chi connectivity index (χ3n) is 1.67. The smallest absolute Gasteiger partial charge is 0.330 e. The van der Waals surface area contributed by atoms with Gasteiger partial charge in [0.2, 0.25) is 5.91 Å². The molecule has 0 aliphatic rings. The topological polar surface area (TPSA) is 111 Å². The summed E-state index contributed by atoms with van der Waals surface area (Å²) in [7, 11) is 0. The third kappa shape index (κ3) is 12.3. The van der Waals surface area contributed by atoms with Gasteiger partial charge in [-0.15, -0.1) is 0 Å². The summed E-state index contributed by atoms with van der Waals surface area (Å²) in [5.41, 5.74) is 0. The first-order chi connectivity index (χ1) is 9.06. The quantitative estimate of drug-likeness (QED) is 0.281. The van der Waals surface area contributed by atoms with Gasteiger partial charge < -0.3 is 24.6 Å². The Balaban J connectivity index is 3.29. The minimum absolute atomic E-state index is 0.112. The molecule has 0 saturated heterocycles. The van der Waals surface area contributed by atoms with E-state index in [-0.39, 0.29) is 33.0 Å². The highest BCUT2D eigenvalue weighted by Crippen LogP contribution is 1.81. The van der Waals surface area contributed by atoms with E-state index in [4.69, 9.17) is 9.84 Å². The highest BCUT2D eigenvalue weighted by Gasteiger charge is 2.03. The predicted molar refractivity (Wildman–Crippen MR) is 63.4 cm³/mol. The molecule has 0 atom stereocenters. The van der Waals surface area contributed by atoms with E-state index >= 15 is 0 Å². The van der Waals surface area contributed by atoms with Crippen LogP contribution in [0.25, 0.3) is 0 Å². The molecule has 0 bridgehead atoms. The Labute approximate surface area is 110 Å². The second-order valence-corrected chi connectivity index (χ2v) is 3.22. The van der Waals surface area contributed by atoms with E-state index in [1.807, 2.05) is 0 Å². The van der Waals surface area contributed by atoms with Gasteiger partial charge in [0.25, 0.3) is 0 Å². The Bertz CT molecular complexity index is 316. The molecule has 0 spiro atoms. The summed E-state index contributed by atoms with van der Waals surface area (Å²) >= 11 is 0. The lowest BCUT2D eigenvalue weighted by molar-refractivity contribution is -0.143. The Morgan fingerprint density at radius 3 is 2.47 bits per heavy atom. The summed E-state index contributed by atoms with van der Waals surface area (Å²) in [5.74, 6) is -2.08. The summed E-state index contributed by atoms with van der Waals surface area (Å²) in [6.45, 7) is 3.23. The maximum Gasteiger partial charge on any atom is 0.330 e. The largest absolute Gasteiger partial charge is 0.480 e. The van der Waals surface area contributed by atoms with Crippen molar-refractivity contribution in [1.82, 2.24) is 5.32 Å². The lowest BCUT2D eigenvalue weighted by Gasteiger charge is -2.06. The number of carbonyl (C=O) groups is 3. The number of hydrogen-bond acceptors (Lipinski definition) is 6. The average molecular weight is 275 g/mol. The molecule has 0 aromatic rings. The molecule has 0 aromatic carbocycles. The van der Waals surface area contributed by atoms with E-state index in [9.17, 15) is 14.4 Å². The molecule has 19 heavy (non-hydrogen) atoms. The Morgan fingerprint density at radius 2 is 1.84 bits per heavy atom. The highest BCUT2D eigenvalue weighted by atomic mass is 16.6. The van der Waals surface area contributed by atoms with E-state index in [1.54, 1.807) is 0 Å². The summed E-state index contributed by atoms with van der Waals surface area (Å²) in [6, 6.07) is 0. The molecule has 0 radical (unpaired) electrons. The van der Waals surface area contributed by atoms with Crippen LogP contribution in [0.15, 0.2) is 12.7 Å². The molecule has 0 heterocycles. The molecule has 0 unspecified atom stereocenters. The number of carboxylic acid groups (broad SMARTS) is 1. The van der Waals surface area contributed by atoms with Gasteiger partial charge in [-0.1, -0.05) is 6.58 Å². The number of carboxylic acids is 1. The van der Waals surface area contributed by atoms with Crippen LogP contribution < -0.4 is 5.32 Å². The minimum atomic E-state index is -1.13. The van der Waals surface area contributed by atoms with Crippen LogP contribution in [-0.2, 0) is 28.6 Å². The number of ether oxygens (including phenoxy) is 3. The zero-order valence-corrected chi connectivity index (χ0v) is 10.4. The number of esters is 1. The van der Waals surface area contributed by atoms with Gasteiger partial charge in [-0.25, -0.2) is 9.59 Å². The first-order valence-electron chi connectivity index (χ1n) is 5.49. The van der Waals surface area contributed by atoms with Crippen molar-refractivity contribution < 1.29 is 33.7 Å². The summed E-state index contributed by atoms with van der Waals surface area (Å²) < 4.78 is 14.3. The number of aliphatic carboxylic acids is 1. The van der Waals surface area contributed by atoms with Crippen molar-refractivity contribution in [3.05, 3.63) is 12.7 Å². The van der Waals surface area contributed by atoms with Gasteiger partial charge in [0.05, 0.1) is 13.2 Å². The third-order valence-corrected chi connectivity index (χ3v) is 1.67. The van der Waals surface area contributed by atoms with Crippen LogP contribution >= 0.6 is 0 Å². The monoisotopic (exact) mass is 275 g/mol. The lowest BCUT2D eigenvalue weighted by atomic mass is 10.6. The predicted octanol–water partition coefficient (Wildman–Crippen LogP) is -1.05. The van der Waals surface area contributed by atoms with Crippen LogP contribution in [0, 0.1) is 0 Å². The molecule has 0 rings (SSSR count). The summed E-state index contributed by atoms with van der Waals surface area (Å²) in [6.07, 6.45) is 1.05. The van der Waals surface area contributed by atoms with Crippen molar-refractivity contribution in [3.8, 4) is 0 Å². The van der Waals surface area contributed by atoms with Gasteiger partial charge in [-0.05, 0) is 0 Å². The van der Waals surface area contributed by atoms with Gasteiger partial charge in [0, 0.05) is 12.6 Å². The molecule has 0 aliphatic heterocycles. The number of amides is 1. The summed E-state index contributed by atoms with van der Waals surface area (Å²) in [4.78, 5) is 31.8. The molecule has 0 aliphatic carbocycles. The second-order valence-electron chi connectivity index (χ2n) is 3.22. The van der Waals surface area contributed by atoms with E-state index in [2.05, 4.69) is 21.4 Å². The number of rotatable bonds is 11. The first kappa shape index (κ1) is 17.1. The van der Waals surface area contributed by atoms with Gasteiger partial charge in [-0.2, -0.15) is 0 Å². The van der Waals surface area contributed by atoms with Gasteiger partial charge in [0.1, 0.15) is 19.8 Å². The zero-order chi connectivity index (χ0) is 14.5. The van der Waals surface area contributed by atoms with Crippen molar-refractivity contribution >= 4 is 17.8 Å². The van der Waals surface area contributed by atoms with Gasteiger partial charge in [0.15, 0.2) is 0 Å². The van der Waals surface area contributed by atoms with Crippen LogP contribution in [0.2, 0.25) is 0 Å². The van der Waals surface area contributed by atoms with Crippen LogP contribution in [0.5, 0.6) is 0 Å². The SMILES string of the molecule is C=CC(=O)OCCOCCNC(=O)COCC(=O)O. The zero-order valence-electron chi connectivity index (χ0n) is 10.4. The first-order valence-corrected chi connectivity index (χ1v) is 5.49. The van der Waals surface area contributed by atoms with Crippen molar-refractivity contribution in [2.24, 2.45) is 0 Å². The molecule has 0 fully saturated rings. The number of hydrogen-bond donors (Lipinski definition) is 2. The van der Waals surface area contributed by atoms with E-state index in [0.29, 0.717) is 0 Å². The normalized spacial score (nSPS) is 9.68. The van der Waals surface area contributed by atoms with Crippen molar-refractivity contribution in [3.63, 3.8) is 0 Å². The highest BCUT2D eigenvalue weighted by molar-refractivity contribution is 5.81. The molecule has 1 amide bonds.